The van der Waals surface area contributed by atoms with Crippen molar-refractivity contribution in [2.75, 3.05) is 17.7 Å². The molecule has 0 unspecified atom stereocenters. The highest BCUT2D eigenvalue weighted by Gasteiger charge is 2.13. The number of nitrogens with one attached hydrogen (secondary N) is 2. The van der Waals surface area contributed by atoms with Crippen LogP contribution < -0.4 is 15.4 Å². The Morgan fingerprint density at radius 2 is 1.79 bits per heavy atom. The summed E-state index contributed by atoms with van der Waals surface area (Å²) >= 11 is 1.24. The molecule has 2 amide bonds. The van der Waals surface area contributed by atoms with Gasteiger partial charge in [0.1, 0.15) is 5.75 Å². The maximum Gasteiger partial charge on any atom is 0.253 e. The third-order valence-corrected chi connectivity index (χ3v) is 5.67. The molecular formula is C24H23N5O3S. The van der Waals surface area contributed by atoms with Gasteiger partial charge in [0.2, 0.25) is 5.91 Å². The summed E-state index contributed by atoms with van der Waals surface area (Å²) in [6, 6.07) is 20.4. The van der Waals surface area contributed by atoms with Crippen LogP contribution in [0, 0.1) is 0 Å². The van der Waals surface area contributed by atoms with Crippen LogP contribution in [0.15, 0.2) is 78.1 Å². The number of amides is 2. The van der Waals surface area contributed by atoms with Gasteiger partial charge in [0.15, 0.2) is 10.8 Å². The van der Waals surface area contributed by atoms with Crippen molar-refractivity contribution >= 4 is 34.9 Å². The normalized spacial score (nSPS) is 10.7. The van der Waals surface area contributed by atoms with E-state index in [9.17, 15) is 9.59 Å². The van der Waals surface area contributed by atoms with Gasteiger partial charge in [0.25, 0.3) is 5.91 Å². The maximum absolute atomic E-state index is 12.6. The van der Waals surface area contributed by atoms with Gasteiger partial charge >= 0.3 is 0 Å². The quantitative estimate of drug-likeness (QED) is 0.368. The van der Waals surface area contributed by atoms with Crippen LogP contribution in [0.3, 0.4) is 0 Å². The number of pyridine rings is 1. The average Bonchev–Trinajstić information content (AvgIpc) is 3.25. The second kappa shape index (κ2) is 10.6. The van der Waals surface area contributed by atoms with Gasteiger partial charge in [-0.1, -0.05) is 54.2 Å². The molecule has 2 heterocycles. The van der Waals surface area contributed by atoms with E-state index >= 15 is 0 Å². The zero-order valence-corrected chi connectivity index (χ0v) is 18.8. The van der Waals surface area contributed by atoms with E-state index in [1.54, 1.807) is 28.8 Å². The Morgan fingerprint density at radius 3 is 2.61 bits per heavy atom. The summed E-state index contributed by atoms with van der Waals surface area (Å²) in [6.45, 7) is 2.83. The molecule has 0 spiro atoms. The lowest BCUT2D eigenvalue weighted by molar-refractivity contribution is -0.113. The average molecular weight is 462 g/mol. The second-order valence-electron chi connectivity index (χ2n) is 7.06. The minimum absolute atomic E-state index is 0.131. The molecule has 0 saturated heterocycles. The number of hydrogen-bond acceptors (Lipinski definition) is 6. The molecular weight excluding hydrogens is 438 g/mol. The lowest BCUT2D eigenvalue weighted by atomic mass is 10.2. The SMILES string of the molecule is CCOc1ccccc1NC(=O)CSc1nnc2ccc(C(=O)NCc3ccccc3)cn12. The molecule has 2 aromatic heterocycles. The van der Waals surface area contributed by atoms with E-state index in [1.165, 1.54) is 11.8 Å². The van der Waals surface area contributed by atoms with Crippen molar-refractivity contribution < 1.29 is 14.3 Å². The van der Waals surface area contributed by atoms with Gasteiger partial charge in [-0.3, -0.25) is 14.0 Å². The van der Waals surface area contributed by atoms with Gasteiger partial charge in [-0.05, 0) is 36.8 Å². The first kappa shape index (κ1) is 22.3. The smallest absolute Gasteiger partial charge is 0.253 e. The molecule has 0 fully saturated rings. The third-order valence-electron chi connectivity index (χ3n) is 4.72. The largest absolute Gasteiger partial charge is 0.492 e. The highest BCUT2D eigenvalue weighted by Crippen LogP contribution is 2.24. The van der Waals surface area contributed by atoms with Gasteiger partial charge in [-0.25, -0.2) is 0 Å². The molecule has 4 rings (SSSR count). The third kappa shape index (κ3) is 5.69. The Labute approximate surface area is 195 Å². The van der Waals surface area contributed by atoms with Crippen LogP contribution in [-0.4, -0.2) is 38.8 Å². The monoisotopic (exact) mass is 461 g/mol. The summed E-state index contributed by atoms with van der Waals surface area (Å²) in [6.07, 6.45) is 1.68. The Kier molecular flexibility index (Phi) is 7.21. The van der Waals surface area contributed by atoms with Crippen LogP contribution in [-0.2, 0) is 11.3 Å². The van der Waals surface area contributed by atoms with Crippen molar-refractivity contribution in [1.82, 2.24) is 19.9 Å². The molecule has 8 nitrogen and oxygen atoms in total. The van der Waals surface area contributed by atoms with Crippen LogP contribution >= 0.6 is 11.8 Å². The Hall–Kier alpha value is -3.85. The highest BCUT2D eigenvalue weighted by atomic mass is 32.2. The minimum atomic E-state index is -0.198. The number of hydrogen-bond donors (Lipinski definition) is 2. The zero-order valence-electron chi connectivity index (χ0n) is 18.0. The minimum Gasteiger partial charge on any atom is -0.492 e. The maximum atomic E-state index is 12.6. The number of anilines is 1. The number of carbonyl (C=O) groups excluding carboxylic acids is 2. The number of fused-ring (bicyclic) bond motifs is 1. The molecule has 4 aromatic rings. The van der Waals surface area contributed by atoms with Gasteiger partial charge < -0.3 is 15.4 Å². The fraction of sp³-hybridized carbons (Fsp3) is 0.167. The Balaban J connectivity index is 1.40. The van der Waals surface area contributed by atoms with E-state index in [-0.39, 0.29) is 17.6 Å². The van der Waals surface area contributed by atoms with Crippen molar-refractivity contribution in [3.8, 4) is 5.75 Å². The summed E-state index contributed by atoms with van der Waals surface area (Å²) in [5.41, 5.74) is 2.72. The van der Waals surface area contributed by atoms with Crippen molar-refractivity contribution in [3.05, 3.63) is 84.1 Å². The number of rotatable bonds is 9. The van der Waals surface area contributed by atoms with E-state index in [1.807, 2.05) is 55.5 Å². The lowest BCUT2D eigenvalue weighted by Crippen LogP contribution is -2.23. The van der Waals surface area contributed by atoms with Crippen LogP contribution in [0.25, 0.3) is 5.65 Å². The summed E-state index contributed by atoms with van der Waals surface area (Å²) in [5.74, 6) is 0.361. The first-order chi connectivity index (χ1) is 16.1. The van der Waals surface area contributed by atoms with Gasteiger partial charge in [-0.15, -0.1) is 10.2 Å². The molecule has 0 aliphatic rings. The van der Waals surface area contributed by atoms with Gasteiger partial charge in [0.05, 0.1) is 23.6 Å². The summed E-state index contributed by atoms with van der Waals surface area (Å²) in [4.78, 5) is 25.1. The van der Waals surface area contributed by atoms with Crippen LogP contribution in [0.2, 0.25) is 0 Å². The van der Waals surface area contributed by atoms with Crippen LogP contribution in [0.4, 0.5) is 5.69 Å². The van der Waals surface area contributed by atoms with Crippen molar-refractivity contribution in [3.63, 3.8) is 0 Å². The molecule has 0 radical (unpaired) electrons. The molecule has 0 bridgehead atoms. The first-order valence-corrected chi connectivity index (χ1v) is 11.4. The van der Waals surface area contributed by atoms with E-state index in [2.05, 4.69) is 20.8 Å². The number of thioether (sulfide) groups is 1. The van der Waals surface area contributed by atoms with E-state index in [0.29, 0.717) is 41.0 Å². The number of aromatic nitrogens is 3. The van der Waals surface area contributed by atoms with E-state index < -0.39 is 0 Å². The van der Waals surface area contributed by atoms with Crippen molar-refractivity contribution in [2.45, 2.75) is 18.6 Å². The number of ether oxygens (including phenoxy) is 1. The second-order valence-corrected chi connectivity index (χ2v) is 8.01. The number of carbonyl (C=O) groups is 2. The topological polar surface area (TPSA) is 97.6 Å². The zero-order chi connectivity index (χ0) is 23.0. The molecule has 0 saturated carbocycles. The van der Waals surface area contributed by atoms with E-state index in [4.69, 9.17) is 4.74 Å². The summed E-state index contributed by atoms with van der Waals surface area (Å²) in [7, 11) is 0. The predicted molar refractivity (Wildman–Crippen MR) is 128 cm³/mol. The molecule has 2 N–H and O–H groups in total. The fourth-order valence-corrected chi connectivity index (χ4v) is 3.87. The first-order valence-electron chi connectivity index (χ1n) is 10.5. The van der Waals surface area contributed by atoms with Crippen molar-refractivity contribution in [1.29, 1.82) is 0 Å². The molecule has 9 heteroatoms. The highest BCUT2D eigenvalue weighted by molar-refractivity contribution is 7.99. The molecule has 0 aliphatic carbocycles. The lowest BCUT2D eigenvalue weighted by Gasteiger charge is -2.11. The summed E-state index contributed by atoms with van der Waals surface area (Å²) < 4.78 is 7.26. The number of para-hydroxylation sites is 2. The number of benzene rings is 2. The Bertz CT molecular complexity index is 1260. The fourth-order valence-electron chi connectivity index (χ4n) is 3.15. The molecule has 0 aliphatic heterocycles. The molecule has 2 aromatic carbocycles. The van der Waals surface area contributed by atoms with Gasteiger partial charge in [0, 0.05) is 12.7 Å². The van der Waals surface area contributed by atoms with Crippen LogP contribution in [0.1, 0.15) is 22.8 Å². The summed E-state index contributed by atoms with van der Waals surface area (Å²) in [5, 5.41) is 14.6. The molecule has 33 heavy (non-hydrogen) atoms. The Morgan fingerprint density at radius 1 is 1.00 bits per heavy atom. The standard InChI is InChI=1S/C24H23N5O3S/c1-2-32-20-11-7-6-10-19(20)26-22(30)16-33-24-28-27-21-13-12-18(15-29(21)24)23(31)25-14-17-8-4-3-5-9-17/h3-13,15H,2,14,16H2,1H3,(H,25,31)(H,26,30). The van der Waals surface area contributed by atoms with Crippen molar-refractivity contribution in [2.24, 2.45) is 0 Å². The van der Waals surface area contributed by atoms with Gasteiger partial charge in [-0.2, -0.15) is 0 Å². The van der Waals surface area contributed by atoms with Crippen LogP contribution in [0.5, 0.6) is 5.75 Å². The number of nitrogens with zero attached hydrogens (tertiary/aromatic N) is 3. The molecule has 0 atom stereocenters. The molecule has 168 valence electrons. The predicted octanol–water partition coefficient (Wildman–Crippen LogP) is 3.79. The van der Waals surface area contributed by atoms with E-state index in [0.717, 1.165) is 5.56 Å².